The van der Waals surface area contributed by atoms with E-state index in [1.54, 1.807) is 6.26 Å². The van der Waals surface area contributed by atoms with Crippen molar-refractivity contribution in [3.8, 4) is 0 Å². The molecule has 4 nitrogen and oxygen atoms in total. The summed E-state index contributed by atoms with van der Waals surface area (Å²) < 4.78 is 5.41. The first kappa shape index (κ1) is 10.7. The number of rotatable bonds is 2. The molecule has 0 amide bonds. The fourth-order valence-corrected chi connectivity index (χ4v) is 2.54. The van der Waals surface area contributed by atoms with Crippen molar-refractivity contribution in [1.82, 2.24) is 15.4 Å². The number of furan rings is 1. The number of hydrogen-bond acceptors (Lipinski definition) is 4. The number of pyridine rings is 1. The summed E-state index contributed by atoms with van der Waals surface area (Å²) in [7, 11) is 1.98. The van der Waals surface area contributed by atoms with E-state index < -0.39 is 0 Å². The third kappa shape index (κ3) is 2.06. The first-order chi connectivity index (χ1) is 8.36. The number of piperidine rings is 1. The maximum Gasteiger partial charge on any atom is 0.152 e. The lowest BCUT2D eigenvalue weighted by molar-refractivity contribution is 0.154. The molecule has 2 aromatic heterocycles. The normalized spacial score (nSPS) is 22.1. The summed E-state index contributed by atoms with van der Waals surface area (Å²) in [6, 6.07) is 4.03. The van der Waals surface area contributed by atoms with Crippen LogP contribution in [0.1, 0.15) is 24.3 Å². The molecule has 1 aliphatic rings. The van der Waals surface area contributed by atoms with Crippen molar-refractivity contribution >= 4 is 11.1 Å². The van der Waals surface area contributed by atoms with E-state index in [2.05, 4.69) is 21.5 Å². The second kappa shape index (κ2) is 4.47. The van der Waals surface area contributed by atoms with E-state index >= 15 is 0 Å². The molecule has 90 valence electrons. The van der Waals surface area contributed by atoms with E-state index in [0.29, 0.717) is 5.92 Å². The molecular weight excluding hydrogens is 214 g/mol. The van der Waals surface area contributed by atoms with Crippen molar-refractivity contribution in [1.29, 1.82) is 0 Å². The monoisotopic (exact) mass is 231 g/mol. The number of aromatic nitrogens is 1. The second-order valence-corrected chi connectivity index (χ2v) is 4.58. The molecule has 0 aromatic carbocycles. The average molecular weight is 231 g/mol. The summed E-state index contributed by atoms with van der Waals surface area (Å²) in [4.78, 5) is 4.43. The van der Waals surface area contributed by atoms with E-state index in [1.807, 2.05) is 19.3 Å². The van der Waals surface area contributed by atoms with Crippen LogP contribution in [0.25, 0.3) is 11.1 Å². The van der Waals surface area contributed by atoms with Gasteiger partial charge in [-0.3, -0.25) is 10.4 Å². The third-order valence-corrected chi connectivity index (χ3v) is 3.53. The molecule has 1 fully saturated rings. The molecule has 4 heteroatoms. The Bertz CT molecular complexity index is 508. The highest BCUT2D eigenvalue weighted by atomic mass is 16.3. The summed E-state index contributed by atoms with van der Waals surface area (Å²) in [6.45, 7) is 2.17. The number of hydrogen-bond donors (Lipinski definition) is 1. The first-order valence-corrected chi connectivity index (χ1v) is 6.12. The Hall–Kier alpha value is -1.39. The van der Waals surface area contributed by atoms with Gasteiger partial charge >= 0.3 is 0 Å². The molecule has 0 saturated carbocycles. The Morgan fingerprint density at radius 1 is 1.53 bits per heavy atom. The highest BCUT2D eigenvalue weighted by Crippen LogP contribution is 2.27. The van der Waals surface area contributed by atoms with Gasteiger partial charge in [-0.05, 0) is 37.4 Å². The van der Waals surface area contributed by atoms with Crippen LogP contribution in [0.15, 0.2) is 29.0 Å². The molecule has 0 aliphatic carbocycles. The van der Waals surface area contributed by atoms with E-state index in [1.165, 1.54) is 18.4 Å². The maximum absolute atomic E-state index is 5.41. The summed E-state index contributed by atoms with van der Waals surface area (Å²) >= 11 is 0. The van der Waals surface area contributed by atoms with Gasteiger partial charge in [0.2, 0.25) is 0 Å². The highest BCUT2D eigenvalue weighted by molar-refractivity contribution is 5.72. The largest absolute Gasteiger partial charge is 0.463 e. The van der Waals surface area contributed by atoms with Crippen molar-refractivity contribution in [3.63, 3.8) is 0 Å². The number of nitrogens with one attached hydrogen (secondary N) is 1. The van der Waals surface area contributed by atoms with Crippen LogP contribution in [0.5, 0.6) is 0 Å². The van der Waals surface area contributed by atoms with Gasteiger partial charge in [0, 0.05) is 25.4 Å². The molecule has 2 aromatic rings. The van der Waals surface area contributed by atoms with Crippen LogP contribution in [0.4, 0.5) is 0 Å². The average Bonchev–Trinajstić information content (AvgIpc) is 2.86. The smallest absolute Gasteiger partial charge is 0.152 e. The Labute approximate surface area is 101 Å². The van der Waals surface area contributed by atoms with Crippen molar-refractivity contribution in [2.24, 2.45) is 0 Å². The molecule has 17 heavy (non-hydrogen) atoms. The van der Waals surface area contributed by atoms with Crippen LogP contribution in [0.3, 0.4) is 0 Å². The van der Waals surface area contributed by atoms with Gasteiger partial charge in [0.15, 0.2) is 5.58 Å². The zero-order valence-corrected chi connectivity index (χ0v) is 10.0. The molecule has 1 saturated heterocycles. The maximum atomic E-state index is 5.41. The van der Waals surface area contributed by atoms with Gasteiger partial charge in [0.25, 0.3) is 0 Å². The van der Waals surface area contributed by atoms with Crippen LogP contribution in [-0.2, 0) is 0 Å². The van der Waals surface area contributed by atoms with Gasteiger partial charge in [0.05, 0.1) is 6.26 Å². The lowest BCUT2D eigenvalue weighted by Gasteiger charge is -2.31. The minimum absolute atomic E-state index is 0.554. The first-order valence-electron chi connectivity index (χ1n) is 6.12. The Kier molecular flexibility index (Phi) is 2.82. The molecular formula is C13H17N3O. The van der Waals surface area contributed by atoms with E-state index in [4.69, 9.17) is 4.42 Å². The third-order valence-electron chi connectivity index (χ3n) is 3.53. The molecule has 3 rings (SSSR count). The molecule has 0 bridgehead atoms. The molecule has 0 spiro atoms. The van der Waals surface area contributed by atoms with Crippen molar-refractivity contribution in [2.45, 2.75) is 18.8 Å². The molecule has 1 aliphatic heterocycles. The van der Waals surface area contributed by atoms with Crippen LogP contribution in [0, 0.1) is 0 Å². The summed E-state index contributed by atoms with van der Waals surface area (Å²) in [5.74, 6) is 0.554. The fraction of sp³-hybridized carbons (Fsp3) is 0.462. The number of hydrazine groups is 1. The van der Waals surface area contributed by atoms with Gasteiger partial charge in [0.1, 0.15) is 5.52 Å². The predicted molar refractivity (Wildman–Crippen MR) is 66.6 cm³/mol. The molecule has 1 atom stereocenters. The van der Waals surface area contributed by atoms with Crippen LogP contribution in [-0.4, -0.2) is 30.1 Å². The van der Waals surface area contributed by atoms with Gasteiger partial charge < -0.3 is 4.42 Å². The van der Waals surface area contributed by atoms with Gasteiger partial charge in [-0.2, -0.15) is 0 Å². The van der Waals surface area contributed by atoms with E-state index in [0.717, 1.165) is 24.2 Å². The van der Waals surface area contributed by atoms with Crippen LogP contribution in [0.2, 0.25) is 0 Å². The van der Waals surface area contributed by atoms with Gasteiger partial charge in [-0.1, -0.05) is 0 Å². The van der Waals surface area contributed by atoms with Crippen molar-refractivity contribution < 1.29 is 4.42 Å². The minimum Gasteiger partial charge on any atom is -0.463 e. The lowest BCUT2D eigenvalue weighted by atomic mass is 9.92. The topological polar surface area (TPSA) is 41.3 Å². The number of fused-ring (bicyclic) bond motifs is 1. The molecule has 3 heterocycles. The molecule has 0 radical (unpaired) electrons. The quantitative estimate of drug-likeness (QED) is 0.859. The minimum atomic E-state index is 0.554. The fourth-order valence-electron chi connectivity index (χ4n) is 2.54. The summed E-state index contributed by atoms with van der Waals surface area (Å²) in [5, 5.41) is 2.26. The lowest BCUT2D eigenvalue weighted by Crippen LogP contribution is -2.42. The highest BCUT2D eigenvalue weighted by Gasteiger charge is 2.21. The van der Waals surface area contributed by atoms with E-state index in [-0.39, 0.29) is 0 Å². The van der Waals surface area contributed by atoms with Gasteiger partial charge in [-0.15, -0.1) is 0 Å². The standard InChI is InChI=1S/C13H17N3O/c1-14-16-5-2-3-10(9-16)11-7-13-12(15-8-11)4-6-17-13/h4,6-8,10,14H,2-3,5,9H2,1H3/t10-/m0/s1. The second-order valence-electron chi connectivity index (χ2n) is 4.58. The SMILES string of the molecule is CNN1CCC[C@H](c2cnc3ccoc3c2)C1. The Balaban J connectivity index is 1.86. The predicted octanol–water partition coefficient (Wildman–Crippen LogP) is 2.14. The zero-order chi connectivity index (χ0) is 11.7. The molecule has 0 unspecified atom stereocenters. The summed E-state index contributed by atoms with van der Waals surface area (Å²) in [6.07, 6.45) is 6.14. The number of nitrogens with zero attached hydrogens (tertiary/aromatic N) is 2. The van der Waals surface area contributed by atoms with Crippen LogP contribution < -0.4 is 5.43 Å². The van der Waals surface area contributed by atoms with Crippen molar-refractivity contribution in [3.05, 3.63) is 30.2 Å². The van der Waals surface area contributed by atoms with Crippen LogP contribution >= 0.6 is 0 Å². The molecule has 1 N–H and O–H groups in total. The Morgan fingerprint density at radius 2 is 2.47 bits per heavy atom. The van der Waals surface area contributed by atoms with Gasteiger partial charge in [-0.25, -0.2) is 5.01 Å². The Morgan fingerprint density at radius 3 is 3.35 bits per heavy atom. The summed E-state index contributed by atoms with van der Waals surface area (Å²) in [5.41, 5.74) is 6.34. The zero-order valence-electron chi connectivity index (χ0n) is 10.0. The van der Waals surface area contributed by atoms with E-state index in [9.17, 15) is 0 Å². The van der Waals surface area contributed by atoms with Crippen molar-refractivity contribution in [2.75, 3.05) is 20.1 Å².